The number of nitrogens with zero attached hydrogens (tertiary/aromatic N) is 1. The highest BCUT2D eigenvalue weighted by atomic mass is 19.2. The molecule has 1 aliphatic rings. The molecule has 1 N–H and O–H groups in total. The Morgan fingerprint density at radius 1 is 1.00 bits per heavy atom. The SMILES string of the molecule is Fc1cccc(N2CCCNC(c3ccccc3)C2)c1F. The molecule has 1 unspecified atom stereocenters. The maximum absolute atomic E-state index is 14.0. The minimum absolute atomic E-state index is 0.122. The molecule has 1 aliphatic heterocycles. The summed E-state index contributed by atoms with van der Waals surface area (Å²) in [4.78, 5) is 1.93. The molecule has 1 atom stereocenters. The summed E-state index contributed by atoms with van der Waals surface area (Å²) in [6.45, 7) is 2.22. The molecule has 0 bridgehead atoms. The second-order valence-corrected chi connectivity index (χ2v) is 5.29. The highest BCUT2D eigenvalue weighted by molar-refractivity contribution is 5.48. The third-order valence-electron chi connectivity index (χ3n) is 3.87. The van der Waals surface area contributed by atoms with Gasteiger partial charge in [0.1, 0.15) is 0 Å². The van der Waals surface area contributed by atoms with Crippen molar-refractivity contribution in [2.45, 2.75) is 12.5 Å². The summed E-state index contributed by atoms with van der Waals surface area (Å²) < 4.78 is 27.4. The van der Waals surface area contributed by atoms with Crippen molar-refractivity contribution >= 4 is 5.69 Å². The predicted molar refractivity (Wildman–Crippen MR) is 80.4 cm³/mol. The third-order valence-corrected chi connectivity index (χ3v) is 3.87. The van der Waals surface area contributed by atoms with E-state index in [-0.39, 0.29) is 6.04 Å². The Hall–Kier alpha value is -1.94. The second-order valence-electron chi connectivity index (χ2n) is 5.29. The zero-order chi connectivity index (χ0) is 14.7. The average molecular weight is 288 g/mol. The number of halogens is 2. The summed E-state index contributed by atoms with van der Waals surface area (Å²) in [5, 5.41) is 3.47. The van der Waals surface area contributed by atoms with E-state index in [1.54, 1.807) is 12.1 Å². The van der Waals surface area contributed by atoms with Crippen LogP contribution < -0.4 is 10.2 Å². The van der Waals surface area contributed by atoms with Crippen LogP contribution in [0.25, 0.3) is 0 Å². The summed E-state index contributed by atoms with van der Waals surface area (Å²) in [5.74, 6) is -1.55. The minimum Gasteiger partial charge on any atom is -0.367 e. The molecule has 3 rings (SSSR count). The lowest BCUT2D eigenvalue weighted by Crippen LogP contribution is -2.32. The Morgan fingerprint density at radius 3 is 2.62 bits per heavy atom. The maximum Gasteiger partial charge on any atom is 0.182 e. The van der Waals surface area contributed by atoms with Crippen LogP contribution in [0.2, 0.25) is 0 Å². The Morgan fingerprint density at radius 2 is 1.81 bits per heavy atom. The molecule has 0 spiro atoms. The molecule has 0 saturated carbocycles. The Kier molecular flexibility index (Phi) is 4.15. The Bertz CT molecular complexity index is 601. The van der Waals surface area contributed by atoms with E-state index >= 15 is 0 Å². The summed E-state index contributed by atoms with van der Waals surface area (Å²) >= 11 is 0. The smallest absolute Gasteiger partial charge is 0.182 e. The lowest BCUT2D eigenvalue weighted by atomic mass is 10.1. The standard InChI is InChI=1S/C17H18F2N2/c18-14-8-4-9-16(17(14)19)21-11-5-10-20-15(12-21)13-6-2-1-3-7-13/h1-4,6-9,15,20H,5,10-12H2. The fourth-order valence-electron chi connectivity index (χ4n) is 2.79. The van der Waals surface area contributed by atoms with E-state index in [0.717, 1.165) is 25.6 Å². The van der Waals surface area contributed by atoms with E-state index in [0.29, 0.717) is 12.2 Å². The summed E-state index contributed by atoms with van der Waals surface area (Å²) in [5.41, 5.74) is 1.51. The van der Waals surface area contributed by atoms with Gasteiger partial charge in [-0.2, -0.15) is 0 Å². The fraction of sp³-hybridized carbons (Fsp3) is 0.294. The van der Waals surface area contributed by atoms with Crippen molar-refractivity contribution in [1.29, 1.82) is 0 Å². The van der Waals surface area contributed by atoms with Crippen LogP contribution in [0.1, 0.15) is 18.0 Å². The minimum atomic E-state index is -0.791. The van der Waals surface area contributed by atoms with Gasteiger partial charge in [-0.25, -0.2) is 8.78 Å². The van der Waals surface area contributed by atoms with Gasteiger partial charge in [0.2, 0.25) is 0 Å². The Labute approximate surface area is 123 Å². The lowest BCUT2D eigenvalue weighted by Gasteiger charge is -2.27. The van der Waals surface area contributed by atoms with Crippen molar-refractivity contribution in [1.82, 2.24) is 5.32 Å². The number of rotatable bonds is 2. The van der Waals surface area contributed by atoms with Gasteiger partial charge < -0.3 is 10.2 Å². The molecule has 0 aromatic heterocycles. The predicted octanol–water partition coefficient (Wildman–Crippen LogP) is 3.51. The molecule has 110 valence electrons. The molecule has 1 fully saturated rings. The van der Waals surface area contributed by atoms with Crippen molar-refractivity contribution < 1.29 is 8.78 Å². The Balaban J connectivity index is 1.87. The number of anilines is 1. The number of hydrogen-bond donors (Lipinski definition) is 1. The molecular formula is C17H18F2N2. The number of benzene rings is 2. The van der Waals surface area contributed by atoms with Crippen LogP contribution in [0.4, 0.5) is 14.5 Å². The molecule has 2 aromatic carbocycles. The number of nitrogens with one attached hydrogen (secondary N) is 1. The summed E-state index contributed by atoms with van der Waals surface area (Å²) in [7, 11) is 0. The molecule has 21 heavy (non-hydrogen) atoms. The van der Waals surface area contributed by atoms with Gasteiger partial charge in [0.25, 0.3) is 0 Å². The lowest BCUT2D eigenvalue weighted by molar-refractivity contribution is 0.503. The molecular weight excluding hydrogens is 270 g/mol. The van der Waals surface area contributed by atoms with Crippen molar-refractivity contribution in [3.63, 3.8) is 0 Å². The van der Waals surface area contributed by atoms with Crippen molar-refractivity contribution in [2.75, 3.05) is 24.5 Å². The molecule has 2 nitrogen and oxygen atoms in total. The van der Waals surface area contributed by atoms with E-state index in [1.165, 1.54) is 5.56 Å². The molecule has 0 amide bonds. The van der Waals surface area contributed by atoms with Crippen LogP contribution in [0, 0.1) is 11.6 Å². The molecule has 0 aliphatic carbocycles. The van der Waals surface area contributed by atoms with Crippen molar-refractivity contribution in [3.05, 3.63) is 65.7 Å². The zero-order valence-corrected chi connectivity index (χ0v) is 11.7. The first-order valence-corrected chi connectivity index (χ1v) is 7.23. The molecule has 1 heterocycles. The van der Waals surface area contributed by atoms with Gasteiger partial charge >= 0.3 is 0 Å². The first-order chi connectivity index (χ1) is 10.3. The number of hydrogen-bond acceptors (Lipinski definition) is 2. The normalized spacial score (nSPS) is 19.3. The molecule has 1 saturated heterocycles. The van der Waals surface area contributed by atoms with Crippen LogP contribution in [-0.2, 0) is 0 Å². The van der Waals surface area contributed by atoms with Gasteiger partial charge in [-0.3, -0.25) is 0 Å². The van der Waals surface area contributed by atoms with Gasteiger partial charge in [0.05, 0.1) is 5.69 Å². The fourth-order valence-corrected chi connectivity index (χ4v) is 2.79. The quantitative estimate of drug-likeness (QED) is 0.910. The van der Waals surface area contributed by atoms with Crippen LogP contribution in [0.3, 0.4) is 0 Å². The highest BCUT2D eigenvalue weighted by Gasteiger charge is 2.22. The summed E-state index contributed by atoms with van der Waals surface area (Å²) in [6, 6.07) is 14.6. The molecule has 4 heteroatoms. The van der Waals surface area contributed by atoms with Crippen molar-refractivity contribution in [3.8, 4) is 0 Å². The molecule has 0 radical (unpaired) electrons. The van der Waals surface area contributed by atoms with Gasteiger partial charge in [-0.05, 0) is 30.7 Å². The molecule has 2 aromatic rings. The van der Waals surface area contributed by atoms with E-state index in [2.05, 4.69) is 17.4 Å². The van der Waals surface area contributed by atoms with Crippen molar-refractivity contribution in [2.24, 2.45) is 0 Å². The van der Waals surface area contributed by atoms with Crippen LogP contribution >= 0.6 is 0 Å². The van der Waals surface area contributed by atoms with E-state index in [1.807, 2.05) is 23.1 Å². The zero-order valence-electron chi connectivity index (χ0n) is 11.7. The van der Waals surface area contributed by atoms with Crippen LogP contribution in [0.5, 0.6) is 0 Å². The van der Waals surface area contributed by atoms with Crippen LogP contribution in [-0.4, -0.2) is 19.6 Å². The van der Waals surface area contributed by atoms with E-state index < -0.39 is 11.6 Å². The van der Waals surface area contributed by atoms with Crippen LogP contribution in [0.15, 0.2) is 48.5 Å². The van der Waals surface area contributed by atoms with E-state index in [9.17, 15) is 8.78 Å². The maximum atomic E-state index is 14.0. The average Bonchev–Trinajstić information content (AvgIpc) is 2.77. The van der Waals surface area contributed by atoms with Gasteiger partial charge in [0, 0.05) is 19.1 Å². The van der Waals surface area contributed by atoms with Gasteiger partial charge in [-0.15, -0.1) is 0 Å². The largest absolute Gasteiger partial charge is 0.367 e. The monoisotopic (exact) mass is 288 g/mol. The summed E-state index contributed by atoms with van der Waals surface area (Å²) in [6.07, 6.45) is 0.902. The second kappa shape index (κ2) is 6.22. The first-order valence-electron chi connectivity index (χ1n) is 7.23. The third kappa shape index (κ3) is 3.05. The first kappa shape index (κ1) is 14.0. The van der Waals surface area contributed by atoms with E-state index in [4.69, 9.17) is 0 Å². The highest BCUT2D eigenvalue weighted by Crippen LogP contribution is 2.26. The van der Waals surface area contributed by atoms with Gasteiger partial charge in [-0.1, -0.05) is 36.4 Å². The van der Waals surface area contributed by atoms with Gasteiger partial charge in [0.15, 0.2) is 11.6 Å². The topological polar surface area (TPSA) is 15.3 Å².